The predicted octanol–water partition coefficient (Wildman–Crippen LogP) is 0.794. The van der Waals surface area contributed by atoms with E-state index in [2.05, 4.69) is 34.2 Å². The number of rotatable bonds is 2. The van der Waals surface area contributed by atoms with Gasteiger partial charge in [-0.3, -0.25) is 9.89 Å². The number of hydrogen-bond donors (Lipinski definition) is 1. The summed E-state index contributed by atoms with van der Waals surface area (Å²) in [6.45, 7) is 5.59. The molecule has 4 nitrogen and oxygen atoms in total. The molecule has 1 saturated heterocycles. The Morgan fingerprint density at radius 3 is 3.00 bits per heavy atom. The van der Waals surface area contributed by atoms with E-state index >= 15 is 0 Å². The number of amidine groups is 1. The first-order valence-corrected chi connectivity index (χ1v) is 6.91. The lowest BCUT2D eigenvalue weighted by atomic mass is 10.1. The molecule has 0 saturated carbocycles. The predicted molar refractivity (Wildman–Crippen MR) is 72.7 cm³/mol. The Hall–Kier alpha value is -0.610. The summed E-state index contributed by atoms with van der Waals surface area (Å²) >= 11 is 0. The molecule has 0 spiro atoms. The fourth-order valence-electron chi connectivity index (χ4n) is 2.58. The lowest BCUT2D eigenvalue weighted by Gasteiger charge is -2.37. The summed E-state index contributed by atoms with van der Waals surface area (Å²) in [5, 5.41) is 3.56. The largest absolute Gasteiger partial charge is 0.372 e. The lowest BCUT2D eigenvalue weighted by Crippen LogP contribution is -2.54. The van der Waals surface area contributed by atoms with Gasteiger partial charge in [-0.25, -0.2) is 0 Å². The minimum Gasteiger partial charge on any atom is -0.372 e. The van der Waals surface area contributed by atoms with Gasteiger partial charge in [0.05, 0.1) is 5.84 Å². The van der Waals surface area contributed by atoms with Crippen LogP contribution in [0.4, 0.5) is 0 Å². The van der Waals surface area contributed by atoms with E-state index in [1.165, 1.54) is 38.2 Å². The second-order valence-corrected chi connectivity index (χ2v) is 5.42. The van der Waals surface area contributed by atoms with E-state index in [0.29, 0.717) is 6.04 Å². The summed E-state index contributed by atoms with van der Waals surface area (Å²) in [7, 11) is 4.44. The minimum absolute atomic E-state index is 0.625. The van der Waals surface area contributed by atoms with Crippen LogP contribution in [0.25, 0.3) is 0 Å². The Bertz CT molecular complexity index is 264. The molecule has 98 valence electrons. The van der Waals surface area contributed by atoms with Crippen LogP contribution in [0.5, 0.6) is 0 Å². The van der Waals surface area contributed by atoms with E-state index in [0.717, 1.165) is 26.1 Å². The van der Waals surface area contributed by atoms with Crippen LogP contribution in [-0.4, -0.2) is 68.5 Å². The molecule has 2 aliphatic rings. The maximum absolute atomic E-state index is 4.63. The van der Waals surface area contributed by atoms with Crippen LogP contribution in [0.15, 0.2) is 4.99 Å². The van der Waals surface area contributed by atoms with Crippen LogP contribution in [0.3, 0.4) is 0 Å². The third-order valence-corrected chi connectivity index (χ3v) is 3.90. The van der Waals surface area contributed by atoms with Crippen molar-refractivity contribution in [1.82, 2.24) is 15.1 Å². The number of aliphatic imine (C=N–C) groups is 1. The van der Waals surface area contributed by atoms with Gasteiger partial charge >= 0.3 is 0 Å². The molecule has 2 aliphatic heterocycles. The summed E-state index contributed by atoms with van der Waals surface area (Å²) < 4.78 is 0. The maximum Gasteiger partial charge on any atom is 0.0963 e. The van der Waals surface area contributed by atoms with Gasteiger partial charge in [0, 0.05) is 45.2 Å². The molecule has 1 fully saturated rings. The third kappa shape index (κ3) is 3.96. The summed E-state index contributed by atoms with van der Waals surface area (Å²) in [5.41, 5.74) is 0. The van der Waals surface area contributed by atoms with E-state index in [-0.39, 0.29) is 0 Å². The highest BCUT2D eigenvalue weighted by Gasteiger charge is 2.22. The smallest absolute Gasteiger partial charge is 0.0963 e. The number of nitrogens with one attached hydrogen (secondary N) is 1. The molecular formula is C13H26N4. The molecule has 4 heteroatoms. The van der Waals surface area contributed by atoms with Crippen molar-refractivity contribution >= 4 is 5.84 Å². The highest BCUT2D eigenvalue weighted by Crippen LogP contribution is 2.08. The van der Waals surface area contributed by atoms with Crippen molar-refractivity contribution in [3.8, 4) is 0 Å². The third-order valence-electron chi connectivity index (χ3n) is 3.90. The first-order chi connectivity index (χ1) is 8.25. The van der Waals surface area contributed by atoms with Crippen LogP contribution < -0.4 is 5.32 Å². The van der Waals surface area contributed by atoms with Crippen LogP contribution in [0, 0.1) is 0 Å². The van der Waals surface area contributed by atoms with E-state index < -0.39 is 0 Å². The van der Waals surface area contributed by atoms with Gasteiger partial charge in [-0.2, -0.15) is 0 Å². The molecule has 17 heavy (non-hydrogen) atoms. The normalized spacial score (nSPS) is 28.6. The summed E-state index contributed by atoms with van der Waals surface area (Å²) in [5.74, 6) is 1.24. The zero-order chi connectivity index (χ0) is 12.1. The number of hydrogen-bond acceptors (Lipinski definition) is 4. The topological polar surface area (TPSA) is 30.9 Å². The molecule has 1 unspecified atom stereocenters. The molecule has 0 aromatic rings. The van der Waals surface area contributed by atoms with E-state index in [1.807, 2.05) is 0 Å². The lowest BCUT2D eigenvalue weighted by molar-refractivity contribution is 0.116. The zero-order valence-electron chi connectivity index (χ0n) is 11.3. The van der Waals surface area contributed by atoms with E-state index in [1.54, 1.807) is 0 Å². The van der Waals surface area contributed by atoms with Gasteiger partial charge in [0.25, 0.3) is 0 Å². The first kappa shape index (κ1) is 12.8. The molecule has 0 aromatic heterocycles. The molecule has 0 bridgehead atoms. The van der Waals surface area contributed by atoms with Crippen molar-refractivity contribution in [2.75, 3.05) is 46.8 Å². The van der Waals surface area contributed by atoms with Crippen molar-refractivity contribution in [1.29, 1.82) is 0 Å². The van der Waals surface area contributed by atoms with Gasteiger partial charge in [0.1, 0.15) is 0 Å². The van der Waals surface area contributed by atoms with Crippen LogP contribution in [0.1, 0.15) is 25.7 Å². The van der Waals surface area contributed by atoms with Crippen LogP contribution >= 0.6 is 0 Å². The highest BCUT2D eigenvalue weighted by atomic mass is 15.3. The van der Waals surface area contributed by atoms with E-state index in [9.17, 15) is 0 Å². The number of nitrogens with zero attached hydrogens (tertiary/aromatic N) is 3. The van der Waals surface area contributed by atoms with Gasteiger partial charge < -0.3 is 10.2 Å². The molecule has 0 radical (unpaired) electrons. The SMILES string of the molecule is CN1CCN(C)C(CNC2=NCCCCC2)C1. The number of piperazine rings is 1. The van der Waals surface area contributed by atoms with Gasteiger partial charge in [-0.05, 0) is 26.9 Å². The van der Waals surface area contributed by atoms with Crippen molar-refractivity contribution in [2.24, 2.45) is 4.99 Å². The molecule has 2 rings (SSSR count). The van der Waals surface area contributed by atoms with Gasteiger partial charge in [0.2, 0.25) is 0 Å². The standard InChI is InChI=1S/C13H26N4/c1-16-8-9-17(2)12(11-16)10-15-13-6-4-3-5-7-14-13/h12H,3-11H2,1-2H3,(H,14,15). The summed E-state index contributed by atoms with van der Waals surface area (Å²) in [6.07, 6.45) is 5.04. The van der Waals surface area contributed by atoms with Gasteiger partial charge in [0.15, 0.2) is 0 Å². The Balaban J connectivity index is 1.77. The molecule has 0 aromatic carbocycles. The van der Waals surface area contributed by atoms with Crippen molar-refractivity contribution in [2.45, 2.75) is 31.7 Å². The van der Waals surface area contributed by atoms with Crippen molar-refractivity contribution in [3.63, 3.8) is 0 Å². The Morgan fingerprint density at radius 1 is 1.24 bits per heavy atom. The zero-order valence-corrected chi connectivity index (χ0v) is 11.3. The van der Waals surface area contributed by atoms with Gasteiger partial charge in [-0.1, -0.05) is 6.42 Å². The van der Waals surface area contributed by atoms with Gasteiger partial charge in [-0.15, -0.1) is 0 Å². The Kier molecular flexibility index (Phi) is 4.80. The molecule has 1 N–H and O–H groups in total. The fraction of sp³-hybridized carbons (Fsp3) is 0.923. The van der Waals surface area contributed by atoms with Crippen LogP contribution in [-0.2, 0) is 0 Å². The number of likely N-dealkylation sites (N-methyl/N-ethyl adjacent to an activating group) is 2. The first-order valence-electron chi connectivity index (χ1n) is 6.91. The molecular weight excluding hydrogens is 212 g/mol. The quantitative estimate of drug-likeness (QED) is 0.772. The fourth-order valence-corrected chi connectivity index (χ4v) is 2.58. The molecule has 0 aliphatic carbocycles. The molecule has 0 amide bonds. The summed E-state index contributed by atoms with van der Waals surface area (Å²) in [6, 6.07) is 0.625. The average molecular weight is 238 g/mol. The van der Waals surface area contributed by atoms with Crippen molar-refractivity contribution < 1.29 is 0 Å². The monoisotopic (exact) mass is 238 g/mol. The average Bonchev–Trinajstić information content (AvgIpc) is 2.59. The molecule has 1 atom stereocenters. The van der Waals surface area contributed by atoms with E-state index in [4.69, 9.17) is 0 Å². The Morgan fingerprint density at radius 2 is 2.12 bits per heavy atom. The highest BCUT2D eigenvalue weighted by molar-refractivity contribution is 5.82. The molecule has 2 heterocycles. The second-order valence-electron chi connectivity index (χ2n) is 5.42. The maximum atomic E-state index is 4.63. The van der Waals surface area contributed by atoms with Crippen molar-refractivity contribution in [3.05, 3.63) is 0 Å². The Labute approximate surface area is 105 Å². The minimum atomic E-state index is 0.625. The summed E-state index contributed by atoms with van der Waals surface area (Å²) in [4.78, 5) is 9.51. The van der Waals surface area contributed by atoms with Crippen LogP contribution in [0.2, 0.25) is 0 Å². The second kappa shape index (κ2) is 6.36.